The zero-order chi connectivity index (χ0) is 13.1. The lowest BCUT2D eigenvalue weighted by Crippen LogP contribution is -2.28. The van der Waals surface area contributed by atoms with Gasteiger partial charge in [-0.15, -0.1) is 0 Å². The van der Waals surface area contributed by atoms with Crippen LogP contribution in [0, 0.1) is 11.3 Å². The number of esters is 1. The van der Waals surface area contributed by atoms with Gasteiger partial charge in [0.05, 0.1) is 25.8 Å². The number of ether oxygens (including phenoxy) is 1. The Morgan fingerprint density at radius 1 is 1.61 bits per heavy atom. The van der Waals surface area contributed by atoms with Gasteiger partial charge in [0.25, 0.3) is 5.65 Å². The summed E-state index contributed by atoms with van der Waals surface area (Å²) in [6.07, 6.45) is 1.82. The van der Waals surface area contributed by atoms with E-state index in [1.54, 1.807) is 24.4 Å². The van der Waals surface area contributed by atoms with Crippen LogP contribution in [0.25, 0.3) is 5.65 Å². The van der Waals surface area contributed by atoms with E-state index in [0.717, 1.165) is 0 Å². The number of pyridine rings is 1. The fourth-order valence-corrected chi connectivity index (χ4v) is 1.84. The van der Waals surface area contributed by atoms with E-state index >= 15 is 0 Å². The molecule has 6 nitrogen and oxygen atoms in total. The zero-order valence-corrected chi connectivity index (χ0v) is 9.79. The number of carbonyl (C=O) groups is 1. The molecule has 0 aliphatic heterocycles. The molecule has 0 fully saturated rings. The first-order valence-electron chi connectivity index (χ1n) is 5.36. The predicted molar refractivity (Wildman–Crippen MR) is 58.6 cm³/mol. The largest absolute Gasteiger partial charge is 0.839 e. The third kappa shape index (κ3) is 1.76. The Hall–Kier alpha value is -2.55. The van der Waals surface area contributed by atoms with Crippen molar-refractivity contribution in [1.82, 2.24) is 4.57 Å². The maximum absolute atomic E-state index is 12.1. The van der Waals surface area contributed by atoms with Crippen LogP contribution in [0.3, 0.4) is 0 Å². The van der Waals surface area contributed by atoms with Crippen LogP contribution >= 0.6 is 0 Å². The van der Waals surface area contributed by atoms with E-state index in [4.69, 9.17) is 5.26 Å². The van der Waals surface area contributed by atoms with Gasteiger partial charge in [0.2, 0.25) is 5.69 Å². The third-order valence-corrected chi connectivity index (χ3v) is 2.63. The van der Waals surface area contributed by atoms with Crippen LogP contribution in [-0.2, 0) is 11.3 Å². The molecular weight excluding hydrogens is 234 g/mol. The lowest BCUT2D eigenvalue weighted by atomic mass is 10.4. The van der Waals surface area contributed by atoms with Gasteiger partial charge >= 0.3 is 5.97 Å². The van der Waals surface area contributed by atoms with E-state index < -0.39 is 11.8 Å². The summed E-state index contributed by atoms with van der Waals surface area (Å²) in [6, 6.07) is 7.17. The summed E-state index contributed by atoms with van der Waals surface area (Å²) in [4.78, 5) is 11.6. The van der Waals surface area contributed by atoms with Crippen LogP contribution < -0.4 is 9.51 Å². The maximum Gasteiger partial charge on any atom is 0.381 e. The molecule has 0 atom stereocenters. The molecule has 0 spiro atoms. The summed E-state index contributed by atoms with van der Waals surface area (Å²) in [5.41, 5.74) is 0.518. The van der Waals surface area contributed by atoms with Crippen molar-refractivity contribution in [1.29, 1.82) is 5.26 Å². The van der Waals surface area contributed by atoms with Gasteiger partial charge < -0.3 is 9.84 Å². The second kappa shape index (κ2) is 4.75. The highest BCUT2D eigenvalue weighted by molar-refractivity contribution is 5.88. The lowest BCUT2D eigenvalue weighted by molar-refractivity contribution is -0.517. The van der Waals surface area contributed by atoms with Gasteiger partial charge in [0.1, 0.15) is 12.4 Å². The number of rotatable bonds is 3. The number of aryl methyl sites for hydroxylation is 1. The lowest BCUT2D eigenvalue weighted by Gasteiger charge is -2.03. The van der Waals surface area contributed by atoms with E-state index in [1.807, 2.05) is 6.07 Å². The van der Waals surface area contributed by atoms with Crippen LogP contribution in [0.15, 0.2) is 24.4 Å². The van der Waals surface area contributed by atoms with Gasteiger partial charge in [-0.05, 0) is 6.07 Å². The standard InChI is InChI=1S/C12H11N3O3/c1-18-12(17)10-11(16)15(8-4-6-13)9-5-2-3-7-14(9)10/h2-3,5,7H,4,8H2,1H3. The minimum atomic E-state index is -0.683. The van der Waals surface area contributed by atoms with Crippen molar-refractivity contribution in [3.63, 3.8) is 0 Å². The Bertz CT molecular complexity index is 640. The monoisotopic (exact) mass is 245 g/mol. The van der Waals surface area contributed by atoms with Crippen molar-refractivity contribution in [3.8, 4) is 11.9 Å². The van der Waals surface area contributed by atoms with Crippen LogP contribution in [-0.4, -0.2) is 17.6 Å². The van der Waals surface area contributed by atoms with Gasteiger partial charge in [-0.1, -0.05) is 6.07 Å². The summed E-state index contributed by atoms with van der Waals surface area (Å²) in [5.74, 6) is -1.12. The molecule has 0 aliphatic rings. The first-order valence-corrected chi connectivity index (χ1v) is 5.36. The summed E-state index contributed by atoms with van der Waals surface area (Å²) < 4.78 is 7.48. The summed E-state index contributed by atoms with van der Waals surface area (Å²) in [7, 11) is 1.23. The van der Waals surface area contributed by atoms with E-state index in [-0.39, 0.29) is 18.7 Å². The minimum Gasteiger partial charge on any atom is -0.839 e. The number of hydrogen-bond acceptors (Lipinski definition) is 4. The quantitative estimate of drug-likeness (QED) is 0.563. The van der Waals surface area contributed by atoms with E-state index in [1.165, 1.54) is 16.1 Å². The van der Waals surface area contributed by atoms with Gasteiger partial charge in [-0.2, -0.15) is 9.66 Å². The Kier molecular flexibility index (Phi) is 3.15. The molecule has 92 valence electrons. The fraction of sp³-hybridized carbons (Fsp3) is 0.250. The molecule has 0 saturated carbocycles. The second-order valence-electron chi connectivity index (χ2n) is 3.63. The van der Waals surface area contributed by atoms with Crippen molar-refractivity contribution in [2.24, 2.45) is 0 Å². The maximum atomic E-state index is 12.1. The average molecular weight is 245 g/mol. The molecular formula is C12H11N3O3. The van der Waals surface area contributed by atoms with E-state index in [9.17, 15) is 9.90 Å². The minimum absolute atomic E-state index is 0.0500. The second-order valence-corrected chi connectivity index (χ2v) is 3.63. The number of hydrogen-bond donors (Lipinski definition) is 0. The van der Waals surface area contributed by atoms with Gasteiger partial charge in [-0.25, -0.2) is 9.36 Å². The molecule has 2 rings (SSSR count). The van der Waals surface area contributed by atoms with Crippen LogP contribution in [0.4, 0.5) is 0 Å². The SMILES string of the molecule is COC(=O)c1c([O-])n(CCC#N)c2cccc[n+]12. The Morgan fingerprint density at radius 2 is 2.39 bits per heavy atom. The highest BCUT2D eigenvalue weighted by Crippen LogP contribution is 2.16. The Labute approximate surface area is 103 Å². The molecule has 18 heavy (non-hydrogen) atoms. The number of aromatic nitrogens is 2. The third-order valence-electron chi connectivity index (χ3n) is 2.63. The summed E-state index contributed by atoms with van der Waals surface area (Å²) in [5, 5.41) is 20.7. The summed E-state index contributed by atoms with van der Waals surface area (Å²) in [6.45, 7) is 0.250. The number of nitriles is 1. The first-order chi connectivity index (χ1) is 8.70. The highest BCUT2D eigenvalue weighted by Gasteiger charge is 2.25. The van der Waals surface area contributed by atoms with Gasteiger partial charge in [0, 0.05) is 6.07 Å². The molecule has 0 radical (unpaired) electrons. The average Bonchev–Trinajstić information content (AvgIpc) is 2.68. The number of carbonyl (C=O) groups excluding carboxylic acids is 1. The summed E-state index contributed by atoms with van der Waals surface area (Å²) >= 11 is 0. The molecule has 0 amide bonds. The van der Waals surface area contributed by atoms with Crippen LogP contribution in [0.2, 0.25) is 0 Å². The molecule has 6 heteroatoms. The number of imidazole rings is 1. The fourth-order valence-electron chi connectivity index (χ4n) is 1.84. The molecule has 2 heterocycles. The number of fused-ring (bicyclic) bond motifs is 1. The van der Waals surface area contributed by atoms with Crippen molar-refractivity contribution >= 4 is 11.6 Å². The molecule has 0 aromatic carbocycles. The Balaban J connectivity index is 2.68. The van der Waals surface area contributed by atoms with Gasteiger partial charge in [0.15, 0.2) is 0 Å². The molecule has 0 unspecified atom stereocenters. The normalized spacial score (nSPS) is 10.2. The smallest absolute Gasteiger partial charge is 0.381 e. The zero-order valence-electron chi connectivity index (χ0n) is 9.79. The Morgan fingerprint density at radius 3 is 3.06 bits per heavy atom. The van der Waals surface area contributed by atoms with E-state index in [2.05, 4.69) is 4.74 Å². The predicted octanol–water partition coefficient (Wildman–Crippen LogP) is 0.000680. The molecule has 0 bridgehead atoms. The topological polar surface area (TPSA) is 82.2 Å². The van der Waals surface area contributed by atoms with Crippen molar-refractivity contribution in [2.75, 3.05) is 7.11 Å². The van der Waals surface area contributed by atoms with Crippen LogP contribution in [0.1, 0.15) is 16.9 Å². The molecule has 0 N–H and O–H groups in total. The molecule has 2 aromatic rings. The van der Waals surface area contributed by atoms with Gasteiger partial charge in [-0.3, -0.25) is 0 Å². The molecule has 2 aromatic heterocycles. The molecule has 0 saturated heterocycles. The van der Waals surface area contributed by atoms with Crippen molar-refractivity contribution in [2.45, 2.75) is 13.0 Å². The number of nitrogens with zero attached hydrogens (tertiary/aromatic N) is 3. The van der Waals surface area contributed by atoms with E-state index in [0.29, 0.717) is 5.65 Å². The molecule has 0 aliphatic carbocycles. The highest BCUT2D eigenvalue weighted by atomic mass is 16.5. The number of methoxy groups -OCH3 is 1. The first kappa shape index (κ1) is 11.9. The van der Waals surface area contributed by atoms with Crippen LogP contribution in [0.5, 0.6) is 5.88 Å². The van der Waals surface area contributed by atoms with Crippen molar-refractivity contribution < 1.29 is 19.0 Å². The van der Waals surface area contributed by atoms with Crippen molar-refractivity contribution in [3.05, 3.63) is 30.1 Å².